The fourth-order valence-corrected chi connectivity index (χ4v) is 3.62. The van der Waals surface area contributed by atoms with Crippen LogP contribution in [0, 0.1) is 0 Å². The summed E-state index contributed by atoms with van der Waals surface area (Å²) in [4.78, 5) is 0. The third-order valence-electron chi connectivity index (χ3n) is 3.28. The molecule has 0 heterocycles. The molecule has 0 fully saturated rings. The molecule has 0 bridgehead atoms. The van der Waals surface area contributed by atoms with Gasteiger partial charge in [-0.15, -0.1) is 0 Å². The van der Waals surface area contributed by atoms with Gasteiger partial charge in [-0.05, 0) is 44.4 Å². The van der Waals surface area contributed by atoms with Crippen LogP contribution in [0.4, 0.5) is 0 Å². The maximum absolute atomic E-state index is 12.0. The molecule has 0 aromatic heterocycles. The van der Waals surface area contributed by atoms with Crippen LogP contribution in [-0.4, -0.2) is 22.5 Å². The van der Waals surface area contributed by atoms with E-state index < -0.39 is 10.8 Å². The van der Waals surface area contributed by atoms with Gasteiger partial charge in [-0.3, -0.25) is 4.21 Å². The zero-order chi connectivity index (χ0) is 14.8. The average molecular weight is 316 g/mol. The summed E-state index contributed by atoms with van der Waals surface area (Å²) in [5.41, 5.74) is 0.991. The zero-order valence-electron chi connectivity index (χ0n) is 12.5. The SMILES string of the molecule is CCCNC(C)CCCCS(=O)Cc1ccccc1Cl. The van der Waals surface area contributed by atoms with Gasteiger partial charge in [0.1, 0.15) is 0 Å². The third-order valence-corrected chi connectivity index (χ3v) is 5.02. The highest BCUT2D eigenvalue weighted by Gasteiger charge is 2.06. The minimum Gasteiger partial charge on any atom is -0.314 e. The number of unbranched alkanes of at least 4 members (excludes halogenated alkanes) is 1. The van der Waals surface area contributed by atoms with Gasteiger partial charge in [-0.1, -0.05) is 43.1 Å². The molecule has 2 unspecified atom stereocenters. The van der Waals surface area contributed by atoms with E-state index in [1.807, 2.05) is 24.3 Å². The van der Waals surface area contributed by atoms with E-state index in [0.29, 0.717) is 11.8 Å². The summed E-state index contributed by atoms with van der Waals surface area (Å²) in [7, 11) is -0.806. The van der Waals surface area contributed by atoms with E-state index in [-0.39, 0.29) is 0 Å². The van der Waals surface area contributed by atoms with Gasteiger partial charge in [-0.2, -0.15) is 0 Å². The second-order valence-corrected chi connectivity index (χ2v) is 7.21. The molecule has 0 saturated heterocycles. The predicted octanol–water partition coefficient (Wildman–Crippen LogP) is 4.15. The summed E-state index contributed by atoms with van der Waals surface area (Å²) >= 11 is 6.08. The van der Waals surface area contributed by atoms with Crippen LogP contribution in [0.1, 0.15) is 45.1 Å². The van der Waals surface area contributed by atoms with E-state index >= 15 is 0 Å². The summed E-state index contributed by atoms with van der Waals surface area (Å²) < 4.78 is 12.0. The van der Waals surface area contributed by atoms with E-state index in [2.05, 4.69) is 19.2 Å². The number of rotatable bonds is 10. The summed E-state index contributed by atoms with van der Waals surface area (Å²) in [5.74, 6) is 1.34. The second kappa shape index (κ2) is 10.4. The first-order valence-corrected chi connectivity index (χ1v) is 9.31. The van der Waals surface area contributed by atoms with Gasteiger partial charge in [0, 0.05) is 33.4 Å². The van der Waals surface area contributed by atoms with Crippen LogP contribution in [0.15, 0.2) is 24.3 Å². The summed E-state index contributed by atoms with van der Waals surface area (Å²) in [6, 6.07) is 8.22. The largest absolute Gasteiger partial charge is 0.314 e. The van der Waals surface area contributed by atoms with E-state index in [1.54, 1.807) is 0 Å². The first-order chi connectivity index (χ1) is 9.63. The van der Waals surface area contributed by atoms with Gasteiger partial charge >= 0.3 is 0 Å². The molecular formula is C16H26ClNOS. The summed E-state index contributed by atoms with van der Waals surface area (Å²) in [6.07, 6.45) is 4.48. The lowest BCUT2D eigenvalue weighted by Crippen LogP contribution is -2.26. The molecule has 0 saturated carbocycles. The molecule has 0 aliphatic carbocycles. The lowest BCUT2D eigenvalue weighted by Gasteiger charge is -2.12. The predicted molar refractivity (Wildman–Crippen MR) is 89.8 cm³/mol. The molecule has 1 rings (SSSR count). The van der Waals surface area contributed by atoms with Crippen molar-refractivity contribution >= 4 is 22.4 Å². The molecule has 1 aromatic carbocycles. The fraction of sp³-hybridized carbons (Fsp3) is 0.625. The molecule has 2 atom stereocenters. The Labute approximate surface area is 130 Å². The Morgan fingerprint density at radius 2 is 2.05 bits per heavy atom. The molecule has 1 aromatic rings. The molecule has 2 nitrogen and oxygen atoms in total. The van der Waals surface area contributed by atoms with Crippen molar-refractivity contribution in [1.29, 1.82) is 0 Å². The zero-order valence-corrected chi connectivity index (χ0v) is 14.1. The Hall–Kier alpha value is -0.380. The van der Waals surface area contributed by atoms with E-state index in [0.717, 1.165) is 42.1 Å². The van der Waals surface area contributed by atoms with Gasteiger partial charge in [0.2, 0.25) is 0 Å². The number of hydrogen-bond acceptors (Lipinski definition) is 2. The minimum absolute atomic E-state index is 0.562. The van der Waals surface area contributed by atoms with Crippen molar-refractivity contribution in [3.63, 3.8) is 0 Å². The van der Waals surface area contributed by atoms with Gasteiger partial charge in [0.05, 0.1) is 0 Å². The average Bonchev–Trinajstić information content (AvgIpc) is 2.44. The van der Waals surface area contributed by atoms with Gasteiger partial charge < -0.3 is 5.32 Å². The highest BCUT2D eigenvalue weighted by molar-refractivity contribution is 7.84. The normalized spacial score (nSPS) is 14.2. The Bertz CT molecular complexity index is 411. The first kappa shape index (κ1) is 17.7. The van der Waals surface area contributed by atoms with E-state index in [4.69, 9.17) is 11.6 Å². The Kier molecular flexibility index (Phi) is 9.16. The van der Waals surface area contributed by atoms with Crippen molar-refractivity contribution in [2.24, 2.45) is 0 Å². The maximum Gasteiger partial charge on any atom is 0.0500 e. The highest BCUT2D eigenvalue weighted by Crippen LogP contribution is 2.17. The van der Waals surface area contributed by atoms with Crippen molar-refractivity contribution in [3.8, 4) is 0 Å². The smallest absolute Gasteiger partial charge is 0.0500 e. The van der Waals surface area contributed by atoms with Crippen LogP contribution in [0.2, 0.25) is 5.02 Å². The summed E-state index contributed by atoms with van der Waals surface area (Å²) in [5, 5.41) is 4.19. The molecular weight excluding hydrogens is 290 g/mol. The summed E-state index contributed by atoms with van der Waals surface area (Å²) in [6.45, 7) is 5.48. The van der Waals surface area contributed by atoms with Crippen LogP contribution < -0.4 is 5.32 Å². The molecule has 114 valence electrons. The molecule has 0 aliphatic rings. The highest BCUT2D eigenvalue weighted by atomic mass is 35.5. The number of halogens is 1. The van der Waals surface area contributed by atoms with Gasteiger partial charge in [-0.25, -0.2) is 0 Å². The van der Waals surface area contributed by atoms with Crippen LogP contribution in [0.5, 0.6) is 0 Å². The molecule has 0 aliphatic heterocycles. The van der Waals surface area contributed by atoms with Crippen LogP contribution in [-0.2, 0) is 16.6 Å². The second-order valence-electron chi connectivity index (χ2n) is 5.23. The Balaban J connectivity index is 2.16. The van der Waals surface area contributed by atoms with Crippen LogP contribution >= 0.6 is 11.6 Å². The molecule has 4 heteroatoms. The quantitative estimate of drug-likeness (QED) is 0.657. The topological polar surface area (TPSA) is 29.1 Å². The first-order valence-electron chi connectivity index (χ1n) is 7.45. The lowest BCUT2D eigenvalue weighted by molar-refractivity contribution is 0.495. The van der Waals surface area contributed by atoms with Crippen LogP contribution in [0.25, 0.3) is 0 Å². The van der Waals surface area contributed by atoms with Crippen molar-refractivity contribution in [2.45, 2.75) is 51.3 Å². The van der Waals surface area contributed by atoms with Gasteiger partial charge in [0.25, 0.3) is 0 Å². The molecule has 0 amide bonds. The number of benzene rings is 1. The molecule has 0 radical (unpaired) electrons. The standard InChI is InChI=1S/C16H26ClNOS/c1-3-11-18-14(2)8-6-7-12-20(19)13-15-9-4-5-10-16(15)17/h4-5,9-10,14,18H,3,6-8,11-13H2,1-2H3. The fourth-order valence-electron chi connectivity index (χ4n) is 2.07. The van der Waals surface area contributed by atoms with Crippen molar-refractivity contribution in [3.05, 3.63) is 34.9 Å². The van der Waals surface area contributed by atoms with E-state index in [1.165, 1.54) is 6.42 Å². The number of hydrogen-bond donors (Lipinski definition) is 1. The monoisotopic (exact) mass is 315 g/mol. The maximum atomic E-state index is 12.0. The minimum atomic E-state index is -0.806. The van der Waals surface area contributed by atoms with Crippen molar-refractivity contribution < 1.29 is 4.21 Å². The lowest BCUT2D eigenvalue weighted by atomic mass is 10.1. The number of nitrogens with one attached hydrogen (secondary N) is 1. The third kappa shape index (κ3) is 7.41. The Morgan fingerprint density at radius 1 is 1.30 bits per heavy atom. The molecule has 0 spiro atoms. The van der Waals surface area contributed by atoms with Crippen LogP contribution in [0.3, 0.4) is 0 Å². The van der Waals surface area contributed by atoms with E-state index in [9.17, 15) is 4.21 Å². The van der Waals surface area contributed by atoms with Crippen molar-refractivity contribution in [1.82, 2.24) is 5.32 Å². The van der Waals surface area contributed by atoms with Crippen molar-refractivity contribution in [2.75, 3.05) is 12.3 Å². The molecule has 1 N–H and O–H groups in total. The van der Waals surface area contributed by atoms with Gasteiger partial charge in [0.15, 0.2) is 0 Å². The Morgan fingerprint density at radius 3 is 2.75 bits per heavy atom. The molecule has 20 heavy (non-hydrogen) atoms.